The maximum atomic E-state index is 2.51. The Labute approximate surface area is 69.8 Å². The Kier molecular flexibility index (Phi) is 2.17. The normalized spacial score (nSPS) is 40.1. The summed E-state index contributed by atoms with van der Waals surface area (Å²) in [4.78, 5) is 2.51. The van der Waals surface area contributed by atoms with Gasteiger partial charge in [-0.3, -0.25) is 0 Å². The summed E-state index contributed by atoms with van der Waals surface area (Å²) >= 11 is 0. The molecular formula is C10H19N. The van der Waals surface area contributed by atoms with Crippen molar-refractivity contribution >= 4 is 0 Å². The van der Waals surface area contributed by atoms with Crippen LogP contribution in [0.1, 0.15) is 32.1 Å². The highest BCUT2D eigenvalue weighted by Gasteiger charge is 2.30. The van der Waals surface area contributed by atoms with Crippen molar-refractivity contribution in [2.75, 3.05) is 20.1 Å². The molecule has 0 aromatic rings. The molecule has 1 heteroatoms. The predicted octanol–water partition coefficient (Wildman–Crippen LogP) is 2.13. The SMILES string of the molecule is CN1C[C@H]2CCCCC[C@H]2C1. The van der Waals surface area contributed by atoms with E-state index in [9.17, 15) is 0 Å². The maximum absolute atomic E-state index is 2.51. The van der Waals surface area contributed by atoms with Crippen molar-refractivity contribution in [2.24, 2.45) is 11.8 Å². The first-order chi connectivity index (χ1) is 5.36. The maximum Gasteiger partial charge on any atom is 0.000985 e. The van der Waals surface area contributed by atoms with E-state index in [0.29, 0.717) is 0 Å². The highest BCUT2D eigenvalue weighted by atomic mass is 15.1. The van der Waals surface area contributed by atoms with Crippen LogP contribution in [-0.2, 0) is 0 Å². The minimum Gasteiger partial charge on any atom is -0.306 e. The molecule has 2 fully saturated rings. The van der Waals surface area contributed by atoms with Crippen molar-refractivity contribution in [1.82, 2.24) is 4.90 Å². The molecule has 2 rings (SSSR count). The molecule has 2 aliphatic rings. The van der Waals surface area contributed by atoms with E-state index in [0.717, 1.165) is 11.8 Å². The molecule has 0 spiro atoms. The Hall–Kier alpha value is -0.0400. The smallest absolute Gasteiger partial charge is 0.000985 e. The highest BCUT2D eigenvalue weighted by Crippen LogP contribution is 2.33. The first-order valence-electron chi connectivity index (χ1n) is 5.05. The zero-order chi connectivity index (χ0) is 7.68. The lowest BCUT2D eigenvalue weighted by atomic mass is 9.92. The molecule has 1 saturated heterocycles. The Morgan fingerprint density at radius 1 is 0.909 bits per heavy atom. The average molecular weight is 153 g/mol. The van der Waals surface area contributed by atoms with Crippen molar-refractivity contribution in [3.63, 3.8) is 0 Å². The molecule has 0 aromatic heterocycles. The zero-order valence-corrected chi connectivity index (χ0v) is 7.55. The van der Waals surface area contributed by atoms with E-state index < -0.39 is 0 Å². The second-order valence-electron chi connectivity index (χ2n) is 4.38. The van der Waals surface area contributed by atoms with Gasteiger partial charge < -0.3 is 4.90 Å². The molecule has 64 valence electrons. The summed E-state index contributed by atoms with van der Waals surface area (Å²) < 4.78 is 0. The minimum atomic E-state index is 1.06. The van der Waals surface area contributed by atoms with Crippen molar-refractivity contribution < 1.29 is 0 Å². The van der Waals surface area contributed by atoms with E-state index in [1.165, 1.54) is 45.2 Å². The summed E-state index contributed by atoms with van der Waals surface area (Å²) in [7, 11) is 2.27. The van der Waals surface area contributed by atoms with Crippen molar-refractivity contribution in [1.29, 1.82) is 0 Å². The van der Waals surface area contributed by atoms with Gasteiger partial charge in [-0.2, -0.15) is 0 Å². The van der Waals surface area contributed by atoms with Gasteiger partial charge in [-0.25, -0.2) is 0 Å². The number of nitrogens with zero attached hydrogens (tertiary/aromatic N) is 1. The second kappa shape index (κ2) is 3.14. The molecule has 1 saturated carbocycles. The minimum absolute atomic E-state index is 1.06. The van der Waals surface area contributed by atoms with Crippen LogP contribution in [0.25, 0.3) is 0 Å². The Bertz CT molecular complexity index is 119. The summed E-state index contributed by atoms with van der Waals surface area (Å²) in [5, 5.41) is 0. The molecule has 1 aliphatic heterocycles. The number of rotatable bonds is 0. The lowest BCUT2D eigenvalue weighted by Crippen LogP contribution is -2.14. The van der Waals surface area contributed by atoms with Crippen LogP contribution in [0, 0.1) is 11.8 Å². The Morgan fingerprint density at radius 2 is 1.45 bits per heavy atom. The second-order valence-corrected chi connectivity index (χ2v) is 4.38. The van der Waals surface area contributed by atoms with Crippen LogP contribution in [0.5, 0.6) is 0 Å². The third-order valence-electron chi connectivity index (χ3n) is 3.41. The standard InChI is InChI=1S/C10H19N/c1-11-7-9-5-3-2-4-6-10(9)8-11/h9-10H,2-8H2,1H3/t9-,10+. The first-order valence-corrected chi connectivity index (χ1v) is 5.05. The van der Waals surface area contributed by atoms with Gasteiger partial charge in [-0.15, -0.1) is 0 Å². The number of hydrogen-bond donors (Lipinski definition) is 0. The van der Waals surface area contributed by atoms with E-state index in [-0.39, 0.29) is 0 Å². The van der Waals surface area contributed by atoms with Gasteiger partial charge in [-0.05, 0) is 31.7 Å². The van der Waals surface area contributed by atoms with Gasteiger partial charge in [0.25, 0.3) is 0 Å². The van der Waals surface area contributed by atoms with Gasteiger partial charge in [0.1, 0.15) is 0 Å². The molecule has 1 aliphatic carbocycles. The third kappa shape index (κ3) is 1.58. The highest BCUT2D eigenvalue weighted by molar-refractivity contribution is 4.83. The zero-order valence-electron chi connectivity index (χ0n) is 7.55. The molecular weight excluding hydrogens is 134 g/mol. The largest absolute Gasteiger partial charge is 0.306 e. The molecule has 0 N–H and O–H groups in total. The summed E-state index contributed by atoms with van der Waals surface area (Å²) in [6.07, 6.45) is 7.50. The molecule has 1 nitrogen and oxygen atoms in total. The summed E-state index contributed by atoms with van der Waals surface area (Å²) in [6.45, 7) is 2.76. The van der Waals surface area contributed by atoms with Crippen molar-refractivity contribution in [2.45, 2.75) is 32.1 Å². The fourth-order valence-corrected chi connectivity index (χ4v) is 2.82. The molecule has 0 bridgehead atoms. The van der Waals surface area contributed by atoms with Gasteiger partial charge in [0.15, 0.2) is 0 Å². The van der Waals surface area contributed by atoms with E-state index >= 15 is 0 Å². The quantitative estimate of drug-likeness (QED) is 0.515. The van der Waals surface area contributed by atoms with Gasteiger partial charge >= 0.3 is 0 Å². The lowest BCUT2D eigenvalue weighted by molar-refractivity contribution is 0.382. The molecule has 0 radical (unpaired) electrons. The van der Waals surface area contributed by atoms with Gasteiger partial charge in [0.05, 0.1) is 0 Å². The fraction of sp³-hybridized carbons (Fsp3) is 1.00. The molecule has 2 atom stereocenters. The van der Waals surface area contributed by atoms with Crippen LogP contribution in [0.4, 0.5) is 0 Å². The molecule has 0 amide bonds. The molecule has 0 aromatic carbocycles. The topological polar surface area (TPSA) is 3.24 Å². The summed E-state index contributed by atoms with van der Waals surface area (Å²) in [5.74, 6) is 2.12. The number of likely N-dealkylation sites (tertiary alicyclic amines) is 1. The van der Waals surface area contributed by atoms with E-state index in [4.69, 9.17) is 0 Å². The number of fused-ring (bicyclic) bond motifs is 1. The average Bonchev–Trinajstić information content (AvgIpc) is 2.17. The molecule has 11 heavy (non-hydrogen) atoms. The van der Waals surface area contributed by atoms with Gasteiger partial charge in [0, 0.05) is 13.1 Å². The first kappa shape index (κ1) is 7.60. The van der Waals surface area contributed by atoms with Crippen LogP contribution in [0.3, 0.4) is 0 Å². The molecule has 1 heterocycles. The lowest BCUT2D eigenvalue weighted by Gasteiger charge is -2.12. The summed E-state index contributed by atoms with van der Waals surface area (Å²) in [5.41, 5.74) is 0. The van der Waals surface area contributed by atoms with E-state index in [1.54, 1.807) is 0 Å². The van der Waals surface area contributed by atoms with Crippen LogP contribution in [0.15, 0.2) is 0 Å². The monoisotopic (exact) mass is 153 g/mol. The van der Waals surface area contributed by atoms with Gasteiger partial charge in [0.2, 0.25) is 0 Å². The van der Waals surface area contributed by atoms with E-state index in [2.05, 4.69) is 11.9 Å². The number of hydrogen-bond acceptors (Lipinski definition) is 1. The van der Waals surface area contributed by atoms with Gasteiger partial charge in [-0.1, -0.05) is 19.3 Å². The summed E-state index contributed by atoms with van der Waals surface area (Å²) in [6, 6.07) is 0. The van der Waals surface area contributed by atoms with Crippen LogP contribution < -0.4 is 0 Å². The van der Waals surface area contributed by atoms with Crippen molar-refractivity contribution in [3.05, 3.63) is 0 Å². The van der Waals surface area contributed by atoms with Crippen LogP contribution in [-0.4, -0.2) is 25.0 Å². The third-order valence-corrected chi connectivity index (χ3v) is 3.41. The fourth-order valence-electron chi connectivity index (χ4n) is 2.82. The van der Waals surface area contributed by atoms with Crippen LogP contribution in [0.2, 0.25) is 0 Å². The van der Waals surface area contributed by atoms with E-state index in [1.807, 2.05) is 0 Å². The Balaban J connectivity index is 1.96. The Morgan fingerprint density at radius 3 is 2.00 bits per heavy atom. The van der Waals surface area contributed by atoms with Crippen LogP contribution >= 0.6 is 0 Å². The predicted molar refractivity (Wildman–Crippen MR) is 47.6 cm³/mol. The van der Waals surface area contributed by atoms with Crippen molar-refractivity contribution in [3.8, 4) is 0 Å². The molecule has 0 unspecified atom stereocenters.